The van der Waals surface area contributed by atoms with Gasteiger partial charge in [0.05, 0.1) is 0 Å². The number of nitrogens with zero attached hydrogens (tertiary/aromatic N) is 3. The third-order valence-electron chi connectivity index (χ3n) is 4.62. The molecule has 0 saturated carbocycles. The van der Waals surface area contributed by atoms with Gasteiger partial charge in [0.15, 0.2) is 0 Å². The largest absolute Gasteiger partial charge is 0.343 e. The molecule has 0 aliphatic carbocycles. The smallest absolute Gasteiger partial charge is 0.223 e. The lowest BCUT2D eigenvalue weighted by atomic mass is 10.1. The number of aromatic nitrogens is 1. The number of carbonyl (C=O) groups excluding carboxylic acids is 1. The fraction of sp³-hybridized carbons (Fsp3) is 0.667. The second-order valence-electron chi connectivity index (χ2n) is 6.53. The van der Waals surface area contributed by atoms with E-state index in [9.17, 15) is 4.79 Å². The van der Waals surface area contributed by atoms with Gasteiger partial charge in [0.2, 0.25) is 5.91 Å². The van der Waals surface area contributed by atoms with E-state index in [2.05, 4.69) is 29.8 Å². The van der Waals surface area contributed by atoms with Crippen LogP contribution in [-0.2, 0) is 11.2 Å². The van der Waals surface area contributed by atoms with E-state index in [-0.39, 0.29) is 11.9 Å². The highest BCUT2D eigenvalue weighted by molar-refractivity contribution is 5.76. The molecule has 0 spiro atoms. The van der Waals surface area contributed by atoms with E-state index in [4.69, 9.17) is 0 Å². The monoisotopic (exact) mass is 303 g/mol. The lowest BCUT2D eigenvalue weighted by Crippen LogP contribution is -2.39. The van der Waals surface area contributed by atoms with Gasteiger partial charge in [0.1, 0.15) is 0 Å². The molecule has 122 valence electrons. The minimum absolute atomic E-state index is 0.183. The van der Waals surface area contributed by atoms with Crippen LogP contribution in [0.5, 0.6) is 0 Å². The van der Waals surface area contributed by atoms with Crippen molar-refractivity contribution in [2.24, 2.45) is 0 Å². The van der Waals surface area contributed by atoms with E-state index in [0.29, 0.717) is 6.42 Å². The second kappa shape index (κ2) is 8.28. The molecule has 22 heavy (non-hydrogen) atoms. The molecule has 2 rings (SSSR count). The topological polar surface area (TPSA) is 36.4 Å². The number of hydrogen-bond donors (Lipinski definition) is 0. The second-order valence-corrected chi connectivity index (χ2v) is 6.53. The summed E-state index contributed by atoms with van der Waals surface area (Å²) in [6.07, 6.45) is 7.18. The molecular formula is C18H29N3O. The summed E-state index contributed by atoms with van der Waals surface area (Å²) in [5.74, 6) is 0.241. The number of hydrogen-bond acceptors (Lipinski definition) is 3. The Bertz CT molecular complexity index is 483. The van der Waals surface area contributed by atoms with Gasteiger partial charge >= 0.3 is 0 Å². The molecule has 1 fully saturated rings. The minimum Gasteiger partial charge on any atom is -0.343 e. The third kappa shape index (κ3) is 5.09. The van der Waals surface area contributed by atoms with Gasteiger partial charge in [-0.3, -0.25) is 9.78 Å². The van der Waals surface area contributed by atoms with Crippen LogP contribution >= 0.6 is 0 Å². The molecule has 0 aromatic carbocycles. The van der Waals surface area contributed by atoms with Gasteiger partial charge in [-0.1, -0.05) is 6.42 Å². The molecule has 1 aliphatic rings. The first-order chi connectivity index (χ1) is 10.6. The van der Waals surface area contributed by atoms with Crippen LogP contribution < -0.4 is 0 Å². The fourth-order valence-electron chi connectivity index (χ4n) is 3.01. The van der Waals surface area contributed by atoms with E-state index >= 15 is 0 Å². The Balaban J connectivity index is 1.78. The highest BCUT2D eigenvalue weighted by Crippen LogP contribution is 2.11. The van der Waals surface area contributed by atoms with E-state index in [0.717, 1.165) is 31.7 Å². The number of likely N-dealkylation sites (N-methyl/N-ethyl adjacent to an activating group) is 1. The number of likely N-dealkylation sites (tertiary alicyclic amines) is 1. The van der Waals surface area contributed by atoms with Gasteiger partial charge in [0.25, 0.3) is 0 Å². The molecule has 0 unspecified atom stereocenters. The number of rotatable bonds is 6. The summed E-state index contributed by atoms with van der Waals surface area (Å²) in [7, 11) is 1.92. The van der Waals surface area contributed by atoms with Gasteiger partial charge in [0, 0.05) is 44.4 Å². The van der Waals surface area contributed by atoms with Crippen LogP contribution in [0.15, 0.2) is 18.3 Å². The number of pyridine rings is 1. The normalized spacial score (nSPS) is 17.2. The molecule has 0 bridgehead atoms. The van der Waals surface area contributed by atoms with E-state index in [1.54, 1.807) is 0 Å². The Morgan fingerprint density at radius 2 is 2.09 bits per heavy atom. The van der Waals surface area contributed by atoms with Gasteiger partial charge in [-0.2, -0.15) is 0 Å². The maximum atomic E-state index is 12.4. The Morgan fingerprint density at radius 1 is 1.36 bits per heavy atom. The highest BCUT2D eigenvalue weighted by atomic mass is 16.2. The molecule has 0 radical (unpaired) electrons. The van der Waals surface area contributed by atoms with Crippen LogP contribution in [0.3, 0.4) is 0 Å². The third-order valence-corrected chi connectivity index (χ3v) is 4.62. The van der Waals surface area contributed by atoms with Crippen LogP contribution in [0.2, 0.25) is 0 Å². The Kier molecular flexibility index (Phi) is 6.37. The summed E-state index contributed by atoms with van der Waals surface area (Å²) in [6.45, 7) is 7.38. The maximum Gasteiger partial charge on any atom is 0.223 e. The highest BCUT2D eigenvalue weighted by Gasteiger charge is 2.18. The number of carbonyl (C=O) groups is 1. The zero-order valence-corrected chi connectivity index (χ0v) is 14.2. The van der Waals surface area contributed by atoms with Gasteiger partial charge in [-0.25, -0.2) is 0 Å². The van der Waals surface area contributed by atoms with Crippen molar-refractivity contribution in [2.45, 2.75) is 52.0 Å². The summed E-state index contributed by atoms with van der Waals surface area (Å²) >= 11 is 0. The molecule has 4 heteroatoms. The van der Waals surface area contributed by atoms with Crippen molar-refractivity contribution in [1.82, 2.24) is 14.8 Å². The van der Waals surface area contributed by atoms with E-state index in [1.807, 2.05) is 24.2 Å². The minimum atomic E-state index is 0.183. The Labute approximate surface area is 134 Å². The van der Waals surface area contributed by atoms with Crippen LogP contribution in [0.4, 0.5) is 0 Å². The van der Waals surface area contributed by atoms with Crippen molar-refractivity contribution in [3.8, 4) is 0 Å². The van der Waals surface area contributed by atoms with E-state index < -0.39 is 0 Å². The molecule has 1 aliphatic heterocycles. The fourth-order valence-corrected chi connectivity index (χ4v) is 3.01. The lowest BCUT2D eigenvalue weighted by Gasteiger charge is -2.29. The molecule has 2 heterocycles. The van der Waals surface area contributed by atoms with Crippen molar-refractivity contribution in [2.75, 3.05) is 26.7 Å². The first-order valence-electron chi connectivity index (χ1n) is 8.46. The molecule has 1 aromatic heterocycles. The van der Waals surface area contributed by atoms with Gasteiger partial charge < -0.3 is 9.80 Å². The first-order valence-corrected chi connectivity index (χ1v) is 8.46. The summed E-state index contributed by atoms with van der Waals surface area (Å²) in [5.41, 5.74) is 2.28. The summed E-state index contributed by atoms with van der Waals surface area (Å²) in [5, 5.41) is 0. The lowest BCUT2D eigenvalue weighted by molar-refractivity contribution is -0.132. The van der Waals surface area contributed by atoms with Crippen molar-refractivity contribution < 1.29 is 4.79 Å². The summed E-state index contributed by atoms with van der Waals surface area (Å²) in [6, 6.07) is 4.28. The Hall–Kier alpha value is -1.42. The zero-order chi connectivity index (χ0) is 15.9. The first kappa shape index (κ1) is 16.9. The summed E-state index contributed by atoms with van der Waals surface area (Å²) < 4.78 is 0. The zero-order valence-electron chi connectivity index (χ0n) is 14.2. The number of piperidine rings is 1. The standard InChI is InChI=1S/C18H29N3O/c1-15-7-9-19-17(13-15)14-16(2)20(3)18(22)8-12-21-10-5-4-6-11-21/h7,9,13,16H,4-6,8,10-12,14H2,1-3H3/t16-/m1/s1. The molecule has 1 atom stereocenters. The van der Waals surface area contributed by atoms with Crippen molar-refractivity contribution in [3.05, 3.63) is 29.6 Å². The molecule has 1 aromatic rings. The molecular weight excluding hydrogens is 274 g/mol. The Morgan fingerprint density at radius 3 is 2.77 bits per heavy atom. The number of aryl methyl sites for hydroxylation is 1. The predicted octanol–water partition coefficient (Wildman–Crippen LogP) is 2.66. The van der Waals surface area contributed by atoms with Crippen molar-refractivity contribution in [1.29, 1.82) is 0 Å². The quantitative estimate of drug-likeness (QED) is 0.810. The predicted molar refractivity (Wildman–Crippen MR) is 89.8 cm³/mol. The SMILES string of the molecule is Cc1ccnc(C[C@@H](C)N(C)C(=O)CCN2CCCCC2)c1. The van der Waals surface area contributed by atoms with Gasteiger partial charge in [-0.15, -0.1) is 0 Å². The van der Waals surface area contributed by atoms with E-state index in [1.165, 1.54) is 24.8 Å². The average molecular weight is 303 g/mol. The molecule has 1 amide bonds. The van der Waals surface area contributed by atoms with Crippen LogP contribution in [-0.4, -0.2) is 53.4 Å². The van der Waals surface area contributed by atoms with Crippen LogP contribution in [0, 0.1) is 6.92 Å². The molecule has 4 nitrogen and oxygen atoms in total. The molecule has 1 saturated heterocycles. The number of amides is 1. The average Bonchev–Trinajstić information content (AvgIpc) is 2.53. The van der Waals surface area contributed by atoms with Crippen molar-refractivity contribution in [3.63, 3.8) is 0 Å². The van der Waals surface area contributed by atoms with Crippen molar-refractivity contribution >= 4 is 5.91 Å². The van der Waals surface area contributed by atoms with Crippen LogP contribution in [0.1, 0.15) is 43.9 Å². The maximum absolute atomic E-state index is 12.4. The van der Waals surface area contributed by atoms with Crippen LogP contribution in [0.25, 0.3) is 0 Å². The summed E-state index contributed by atoms with van der Waals surface area (Å²) in [4.78, 5) is 21.1. The van der Waals surface area contributed by atoms with Gasteiger partial charge in [-0.05, 0) is 57.5 Å². The molecule has 0 N–H and O–H groups in total.